The molecule has 3 heteroatoms. The quantitative estimate of drug-likeness (QED) is 0.835. The molecule has 2 unspecified atom stereocenters. The Morgan fingerprint density at radius 3 is 2.71 bits per heavy atom. The maximum atomic E-state index is 6.52. The van der Waals surface area contributed by atoms with Gasteiger partial charge in [-0.1, -0.05) is 30.3 Å². The van der Waals surface area contributed by atoms with Crippen molar-refractivity contribution >= 4 is 5.57 Å². The second kappa shape index (κ2) is 4.42. The van der Waals surface area contributed by atoms with E-state index in [9.17, 15) is 0 Å². The van der Waals surface area contributed by atoms with E-state index in [0.29, 0.717) is 12.7 Å². The van der Waals surface area contributed by atoms with Gasteiger partial charge in [0.2, 0.25) is 0 Å². The fourth-order valence-corrected chi connectivity index (χ4v) is 4.31. The third-order valence-corrected chi connectivity index (χ3v) is 5.47. The highest BCUT2D eigenvalue weighted by Crippen LogP contribution is 2.55. The van der Waals surface area contributed by atoms with Gasteiger partial charge in [-0.05, 0) is 36.0 Å². The molecule has 2 saturated heterocycles. The van der Waals surface area contributed by atoms with Crippen molar-refractivity contribution < 1.29 is 14.2 Å². The maximum Gasteiger partial charge on any atom is 0.147 e. The minimum Gasteiger partial charge on any atom is -0.364 e. The van der Waals surface area contributed by atoms with Crippen LogP contribution in [0.2, 0.25) is 0 Å². The molecule has 0 amide bonds. The Labute approximate surface area is 124 Å². The fraction of sp³-hybridized carbons (Fsp3) is 0.556. The van der Waals surface area contributed by atoms with Crippen molar-refractivity contribution in [1.29, 1.82) is 0 Å². The average molecular weight is 284 g/mol. The predicted molar refractivity (Wildman–Crippen MR) is 78.6 cm³/mol. The van der Waals surface area contributed by atoms with Gasteiger partial charge in [-0.3, -0.25) is 0 Å². The summed E-state index contributed by atoms with van der Waals surface area (Å²) in [6, 6.07) is 10.7. The van der Waals surface area contributed by atoms with Crippen molar-refractivity contribution in [3.63, 3.8) is 0 Å². The number of rotatable bonds is 2. The van der Waals surface area contributed by atoms with Crippen LogP contribution in [-0.2, 0) is 14.2 Å². The smallest absolute Gasteiger partial charge is 0.147 e. The van der Waals surface area contributed by atoms with Crippen molar-refractivity contribution in [2.45, 2.75) is 49.6 Å². The van der Waals surface area contributed by atoms with E-state index in [1.165, 1.54) is 24.0 Å². The van der Waals surface area contributed by atoms with Gasteiger partial charge in [0.05, 0.1) is 11.7 Å². The van der Waals surface area contributed by atoms with E-state index in [1.807, 2.05) is 0 Å². The van der Waals surface area contributed by atoms with E-state index in [4.69, 9.17) is 14.2 Å². The van der Waals surface area contributed by atoms with Crippen LogP contribution < -0.4 is 0 Å². The summed E-state index contributed by atoms with van der Waals surface area (Å²) < 4.78 is 18.1. The van der Waals surface area contributed by atoms with Crippen LogP contribution in [0.3, 0.4) is 0 Å². The predicted octanol–water partition coefficient (Wildman–Crippen LogP) is 3.15. The zero-order valence-electron chi connectivity index (χ0n) is 12.0. The summed E-state index contributed by atoms with van der Waals surface area (Å²) >= 11 is 0. The molecule has 1 aromatic rings. The van der Waals surface area contributed by atoms with Gasteiger partial charge in [0, 0.05) is 12.8 Å². The van der Waals surface area contributed by atoms with Crippen LogP contribution in [0, 0.1) is 5.92 Å². The number of benzene rings is 1. The topological polar surface area (TPSA) is 27.7 Å². The second-order valence-corrected chi connectivity index (χ2v) is 6.81. The van der Waals surface area contributed by atoms with Crippen LogP contribution >= 0.6 is 0 Å². The Balaban J connectivity index is 1.56. The molecule has 3 aliphatic heterocycles. The fourth-order valence-electron chi connectivity index (χ4n) is 4.31. The highest BCUT2D eigenvalue weighted by molar-refractivity contribution is 5.68. The van der Waals surface area contributed by atoms with Crippen LogP contribution in [-0.4, -0.2) is 30.7 Å². The first-order chi connectivity index (χ1) is 10.3. The summed E-state index contributed by atoms with van der Waals surface area (Å²) in [7, 11) is 0. The van der Waals surface area contributed by atoms with Crippen LogP contribution in [0.15, 0.2) is 36.4 Å². The van der Waals surface area contributed by atoms with E-state index in [-0.39, 0.29) is 23.9 Å². The van der Waals surface area contributed by atoms with Gasteiger partial charge in [0.15, 0.2) is 0 Å². The SMILES string of the molecule is C1=C(c2ccccc2)C[C@@]2(C3CC3)CC3OCOC3[C@@H]1O2. The third kappa shape index (κ3) is 1.91. The van der Waals surface area contributed by atoms with Crippen molar-refractivity contribution in [1.82, 2.24) is 0 Å². The molecular weight excluding hydrogens is 264 g/mol. The van der Waals surface area contributed by atoms with E-state index in [0.717, 1.165) is 12.8 Å². The van der Waals surface area contributed by atoms with Gasteiger partial charge in [-0.15, -0.1) is 0 Å². The third-order valence-electron chi connectivity index (χ3n) is 5.47. The van der Waals surface area contributed by atoms with E-state index < -0.39 is 0 Å². The van der Waals surface area contributed by atoms with E-state index >= 15 is 0 Å². The molecule has 21 heavy (non-hydrogen) atoms. The summed E-state index contributed by atoms with van der Waals surface area (Å²) in [5.74, 6) is 0.706. The van der Waals surface area contributed by atoms with Crippen LogP contribution in [0.4, 0.5) is 0 Å². The Hall–Kier alpha value is -1.16. The monoisotopic (exact) mass is 284 g/mol. The normalized spacial score (nSPS) is 41.5. The van der Waals surface area contributed by atoms with Gasteiger partial charge in [-0.25, -0.2) is 0 Å². The first-order valence-electron chi connectivity index (χ1n) is 8.01. The molecule has 2 bridgehead atoms. The second-order valence-electron chi connectivity index (χ2n) is 6.81. The Morgan fingerprint density at radius 1 is 1.05 bits per heavy atom. The number of hydrogen-bond donors (Lipinski definition) is 0. The van der Waals surface area contributed by atoms with Crippen molar-refractivity contribution in [3.05, 3.63) is 42.0 Å². The van der Waals surface area contributed by atoms with E-state index in [1.54, 1.807) is 0 Å². The molecule has 1 saturated carbocycles. The minimum absolute atomic E-state index is 0.0144. The van der Waals surface area contributed by atoms with Crippen LogP contribution in [0.1, 0.15) is 31.2 Å². The molecule has 4 aliphatic rings. The Kier molecular flexibility index (Phi) is 2.61. The molecule has 110 valence electrons. The van der Waals surface area contributed by atoms with Crippen LogP contribution in [0.25, 0.3) is 5.57 Å². The first kappa shape index (κ1) is 12.4. The standard InChI is InChI=1S/C18H20O3/c1-2-4-12(5-3-1)13-8-15-17-16(19-11-20-17)10-18(9-13,21-15)14-6-7-14/h1-5,8,14-17H,6-7,9-11H2/t15-,16?,17?,18+/m1/s1. The number of ether oxygens (including phenoxy) is 3. The highest BCUT2D eigenvalue weighted by Gasteiger charge is 2.57. The molecule has 1 aromatic carbocycles. The molecule has 5 rings (SSSR count). The minimum atomic E-state index is -0.0144. The summed E-state index contributed by atoms with van der Waals surface area (Å²) in [5, 5.41) is 0. The van der Waals surface area contributed by atoms with Gasteiger partial charge in [-0.2, -0.15) is 0 Å². The van der Waals surface area contributed by atoms with Crippen molar-refractivity contribution in [3.8, 4) is 0 Å². The lowest BCUT2D eigenvalue weighted by molar-refractivity contribution is -0.180. The molecule has 1 aliphatic carbocycles. The Bertz CT molecular complexity index is 577. The molecule has 0 N–H and O–H groups in total. The van der Waals surface area contributed by atoms with Crippen LogP contribution in [0.5, 0.6) is 0 Å². The van der Waals surface area contributed by atoms with Crippen molar-refractivity contribution in [2.75, 3.05) is 6.79 Å². The molecule has 0 spiro atoms. The molecule has 3 fully saturated rings. The summed E-state index contributed by atoms with van der Waals surface area (Å²) in [4.78, 5) is 0. The summed E-state index contributed by atoms with van der Waals surface area (Å²) in [5.41, 5.74) is 2.74. The summed E-state index contributed by atoms with van der Waals surface area (Å²) in [6.45, 7) is 0.421. The van der Waals surface area contributed by atoms with Gasteiger partial charge >= 0.3 is 0 Å². The lowest BCUT2D eigenvalue weighted by Crippen LogP contribution is -2.56. The average Bonchev–Trinajstić information content (AvgIpc) is 3.28. The summed E-state index contributed by atoms with van der Waals surface area (Å²) in [6.07, 6.45) is 7.24. The molecule has 4 atom stereocenters. The van der Waals surface area contributed by atoms with Gasteiger partial charge in [0.1, 0.15) is 19.0 Å². The molecule has 0 radical (unpaired) electrons. The molecule has 0 aromatic heterocycles. The Morgan fingerprint density at radius 2 is 1.90 bits per heavy atom. The largest absolute Gasteiger partial charge is 0.364 e. The van der Waals surface area contributed by atoms with Gasteiger partial charge in [0.25, 0.3) is 0 Å². The zero-order valence-corrected chi connectivity index (χ0v) is 12.0. The highest BCUT2D eigenvalue weighted by atomic mass is 16.7. The molecule has 3 nitrogen and oxygen atoms in total. The van der Waals surface area contributed by atoms with Gasteiger partial charge < -0.3 is 14.2 Å². The lowest BCUT2D eigenvalue weighted by Gasteiger charge is -2.48. The van der Waals surface area contributed by atoms with Crippen molar-refractivity contribution in [2.24, 2.45) is 5.92 Å². The molecular formula is C18H20O3. The maximum absolute atomic E-state index is 6.52. The number of fused-ring (bicyclic) bond motifs is 4. The molecule has 3 heterocycles. The zero-order chi connectivity index (χ0) is 13.9. The lowest BCUT2D eigenvalue weighted by atomic mass is 9.75. The first-order valence-corrected chi connectivity index (χ1v) is 8.01. The van der Waals surface area contributed by atoms with E-state index in [2.05, 4.69) is 36.4 Å². The number of hydrogen-bond acceptors (Lipinski definition) is 3.